The molecule has 1 heteroatoms. The van der Waals surface area contributed by atoms with Gasteiger partial charge in [0.25, 0.3) is 0 Å². The van der Waals surface area contributed by atoms with Crippen LogP contribution in [0.25, 0.3) is 0 Å². The Kier molecular flexibility index (Phi) is 2.92. The van der Waals surface area contributed by atoms with Crippen molar-refractivity contribution in [1.82, 2.24) is 0 Å². The van der Waals surface area contributed by atoms with Gasteiger partial charge in [0.05, 0.1) is 0 Å². The molecule has 0 aromatic heterocycles. The van der Waals surface area contributed by atoms with E-state index in [1.165, 1.54) is 25.7 Å². The van der Waals surface area contributed by atoms with Crippen LogP contribution in [-0.4, -0.2) is 5.78 Å². The maximum absolute atomic E-state index is 12.5. The van der Waals surface area contributed by atoms with Crippen LogP contribution in [0.5, 0.6) is 0 Å². The topological polar surface area (TPSA) is 17.1 Å². The highest BCUT2D eigenvalue weighted by Gasteiger charge is 2.63. The number of hydrogen-bond acceptors (Lipinski definition) is 1. The smallest absolute Gasteiger partial charge is 0.139 e. The summed E-state index contributed by atoms with van der Waals surface area (Å²) >= 11 is 0. The Morgan fingerprint density at radius 2 is 1.82 bits per heavy atom. The summed E-state index contributed by atoms with van der Waals surface area (Å²) in [4.78, 5) is 12.5. The molecular weight excluding hydrogens is 268 g/mol. The van der Waals surface area contributed by atoms with E-state index in [9.17, 15) is 4.79 Å². The monoisotopic (exact) mass is 298 g/mol. The second-order valence-electron chi connectivity index (χ2n) is 9.23. The Bertz CT molecular complexity index is 597. The first kappa shape index (κ1) is 14.7. The molecule has 2 fully saturated rings. The fraction of sp³-hybridized carbons (Fsp3) is 0.762. The van der Waals surface area contributed by atoms with Gasteiger partial charge in [-0.25, -0.2) is 0 Å². The number of rotatable bonds is 0. The van der Waals surface area contributed by atoms with Gasteiger partial charge in [0.1, 0.15) is 5.78 Å². The summed E-state index contributed by atoms with van der Waals surface area (Å²) in [5.41, 5.74) is 3.84. The Hall–Kier alpha value is -0.850. The normalized spacial score (nSPS) is 50.6. The van der Waals surface area contributed by atoms with Gasteiger partial charge >= 0.3 is 0 Å². The third-order valence-corrected chi connectivity index (χ3v) is 8.52. The molecule has 0 aromatic carbocycles. The van der Waals surface area contributed by atoms with Gasteiger partial charge in [0.15, 0.2) is 0 Å². The number of Topliss-reactive ketones (excluding diaryl/α,β-unsaturated/α-hetero) is 1. The zero-order chi connectivity index (χ0) is 15.8. The van der Waals surface area contributed by atoms with Crippen LogP contribution in [-0.2, 0) is 4.79 Å². The molecule has 120 valence electrons. The van der Waals surface area contributed by atoms with Gasteiger partial charge in [-0.05, 0) is 73.7 Å². The van der Waals surface area contributed by atoms with Crippen LogP contribution in [0.1, 0.15) is 72.6 Å². The molecular formula is C21H30O. The quantitative estimate of drug-likeness (QED) is 0.580. The Balaban J connectivity index is 1.80. The summed E-state index contributed by atoms with van der Waals surface area (Å²) in [6.07, 6.45) is 13.1. The number of carbonyl (C=O) groups is 1. The standard InChI is InChI=1S/C21H30O/c1-14-9-10-20(3)15(13-14)5-6-17-16-7-8-18(22)19(16,2)11-12-21(17,20)4/h5,13,16-17H,6-12H2,1-4H3/t16?,17?,19?,20?,21-/m0/s1. The Labute approximate surface area is 135 Å². The molecule has 2 saturated carbocycles. The first-order valence-electron chi connectivity index (χ1n) is 9.22. The first-order valence-corrected chi connectivity index (χ1v) is 9.22. The minimum Gasteiger partial charge on any atom is -0.299 e. The van der Waals surface area contributed by atoms with E-state index in [1.807, 2.05) is 0 Å². The van der Waals surface area contributed by atoms with Crippen molar-refractivity contribution in [3.63, 3.8) is 0 Å². The molecule has 4 aliphatic rings. The molecule has 0 saturated heterocycles. The van der Waals surface area contributed by atoms with E-state index in [0.29, 0.717) is 28.4 Å². The minimum atomic E-state index is -0.00764. The molecule has 0 bridgehead atoms. The molecule has 0 radical (unpaired) electrons. The molecule has 0 spiro atoms. The van der Waals surface area contributed by atoms with E-state index in [4.69, 9.17) is 0 Å². The van der Waals surface area contributed by atoms with Crippen LogP contribution in [0.3, 0.4) is 0 Å². The molecule has 22 heavy (non-hydrogen) atoms. The van der Waals surface area contributed by atoms with Crippen molar-refractivity contribution in [3.05, 3.63) is 23.3 Å². The molecule has 0 aliphatic heterocycles. The Morgan fingerprint density at radius 1 is 1.05 bits per heavy atom. The Morgan fingerprint density at radius 3 is 2.59 bits per heavy atom. The lowest BCUT2D eigenvalue weighted by Crippen LogP contribution is -2.55. The first-order chi connectivity index (χ1) is 10.3. The van der Waals surface area contributed by atoms with Crippen LogP contribution in [0.2, 0.25) is 0 Å². The van der Waals surface area contributed by atoms with Crippen molar-refractivity contribution >= 4 is 5.78 Å². The van der Waals surface area contributed by atoms with Crippen molar-refractivity contribution in [2.45, 2.75) is 72.6 Å². The van der Waals surface area contributed by atoms with Crippen LogP contribution in [0.4, 0.5) is 0 Å². The lowest BCUT2D eigenvalue weighted by molar-refractivity contribution is -0.138. The number of carbonyl (C=O) groups excluding carboxylic acids is 1. The van der Waals surface area contributed by atoms with Gasteiger partial charge in [-0.3, -0.25) is 4.79 Å². The molecule has 0 aromatic rings. The van der Waals surface area contributed by atoms with E-state index < -0.39 is 0 Å². The number of allylic oxidation sites excluding steroid dienone is 4. The lowest BCUT2D eigenvalue weighted by atomic mass is 9.41. The molecule has 5 atom stereocenters. The van der Waals surface area contributed by atoms with Crippen molar-refractivity contribution in [1.29, 1.82) is 0 Å². The van der Waals surface area contributed by atoms with Crippen molar-refractivity contribution < 1.29 is 4.79 Å². The lowest BCUT2D eigenvalue weighted by Gasteiger charge is -2.62. The van der Waals surface area contributed by atoms with E-state index in [-0.39, 0.29) is 5.41 Å². The molecule has 0 heterocycles. The van der Waals surface area contributed by atoms with Gasteiger partial charge in [-0.2, -0.15) is 0 Å². The fourth-order valence-corrected chi connectivity index (χ4v) is 6.57. The number of hydrogen-bond donors (Lipinski definition) is 0. The molecule has 4 rings (SSSR count). The summed E-state index contributed by atoms with van der Waals surface area (Å²) in [6, 6.07) is 0. The van der Waals surface area contributed by atoms with Crippen LogP contribution in [0, 0.1) is 28.1 Å². The summed E-state index contributed by atoms with van der Waals surface area (Å²) in [7, 11) is 0. The van der Waals surface area contributed by atoms with E-state index in [2.05, 4.69) is 39.8 Å². The zero-order valence-corrected chi connectivity index (χ0v) is 14.7. The third-order valence-electron chi connectivity index (χ3n) is 8.52. The summed E-state index contributed by atoms with van der Waals surface area (Å²) in [5, 5.41) is 0. The highest BCUT2D eigenvalue weighted by molar-refractivity contribution is 5.87. The fourth-order valence-electron chi connectivity index (χ4n) is 6.57. The second-order valence-corrected chi connectivity index (χ2v) is 9.23. The summed E-state index contributed by atoms with van der Waals surface area (Å²) in [6.45, 7) is 9.64. The predicted molar refractivity (Wildman–Crippen MR) is 90.5 cm³/mol. The van der Waals surface area contributed by atoms with Crippen molar-refractivity contribution in [3.8, 4) is 0 Å². The predicted octanol–water partition coefficient (Wildman–Crippen LogP) is 5.46. The number of ketones is 1. The molecule has 4 aliphatic carbocycles. The van der Waals surface area contributed by atoms with Crippen LogP contribution >= 0.6 is 0 Å². The average molecular weight is 298 g/mol. The zero-order valence-electron chi connectivity index (χ0n) is 14.7. The van der Waals surface area contributed by atoms with E-state index in [1.54, 1.807) is 11.1 Å². The van der Waals surface area contributed by atoms with Crippen LogP contribution < -0.4 is 0 Å². The third kappa shape index (κ3) is 1.58. The highest BCUT2D eigenvalue weighted by Crippen LogP contribution is 2.69. The minimum absolute atomic E-state index is 0.00764. The highest BCUT2D eigenvalue weighted by atomic mass is 16.1. The van der Waals surface area contributed by atoms with Crippen LogP contribution in [0.15, 0.2) is 23.3 Å². The molecule has 1 nitrogen and oxygen atoms in total. The summed E-state index contributed by atoms with van der Waals surface area (Å²) < 4.78 is 0. The van der Waals surface area contributed by atoms with Gasteiger partial charge in [0.2, 0.25) is 0 Å². The maximum atomic E-state index is 12.5. The van der Waals surface area contributed by atoms with E-state index in [0.717, 1.165) is 19.3 Å². The molecule has 0 amide bonds. The van der Waals surface area contributed by atoms with Gasteiger partial charge < -0.3 is 0 Å². The maximum Gasteiger partial charge on any atom is 0.139 e. The average Bonchev–Trinajstić information content (AvgIpc) is 2.77. The van der Waals surface area contributed by atoms with Gasteiger partial charge in [0, 0.05) is 11.8 Å². The second kappa shape index (κ2) is 4.36. The summed E-state index contributed by atoms with van der Waals surface area (Å²) in [5.74, 6) is 1.89. The van der Waals surface area contributed by atoms with Gasteiger partial charge in [-0.15, -0.1) is 0 Å². The molecule has 4 unspecified atom stereocenters. The largest absolute Gasteiger partial charge is 0.299 e. The van der Waals surface area contributed by atoms with Crippen molar-refractivity contribution in [2.24, 2.45) is 28.1 Å². The van der Waals surface area contributed by atoms with Gasteiger partial charge in [-0.1, -0.05) is 38.5 Å². The van der Waals surface area contributed by atoms with Crippen molar-refractivity contribution in [2.75, 3.05) is 0 Å². The SMILES string of the molecule is CC1=CC2=CCC3C4CCC(=O)C4(C)CC[C@]3(C)C2(C)CC1. The number of fused-ring (bicyclic) bond motifs is 5. The van der Waals surface area contributed by atoms with E-state index >= 15 is 0 Å². The molecule has 0 N–H and O–H groups in total.